The van der Waals surface area contributed by atoms with E-state index < -0.39 is 0 Å². The van der Waals surface area contributed by atoms with E-state index in [1.165, 1.54) is 25.3 Å². The van der Waals surface area contributed by atoms with Crippen LogP contribution in [0, 0.1) is 5.82 Å². The number of nitrogens with zero attached hydrogens (tertiary/aromatic N) is 2. The highest BCUT2D eigenvalue weighted by Gasteiger charge is 2.34. The van der Waals surface area contributed by atoms with Crippen molar-refractivity contribution >= 4 is 5.91 Å². The third-order valence-electron chi connectivity index (χ3n) is 4.10. The number of aromatic nitrogens is 1. The molecule has 1 saturated heterocycles. The molecule has 2 aromatic rings. The van der Waals surface area contributed by atoms with Gasteiger partial charge in [-0.25, -0.2) is 4.39 Å². The lowest BCUT2D eigenvalue weighted by atomic mass is 10.00. The molecule has 23 heavy (non-hydrogen) atoms. The Balaban J connectivity index is 1.75. The number of likely N-dealkylation sites (tertiary alicyclic amines) is 1. The number of amides is 1. The zero-order chi connectivity index (χ0) is 16.4. The molecule has 0 saturated carbocycles. The smallest absolute Gasteiger partial charge is 0.290 e. The lowest BCUT2D eigenvalue weighted by Crippen LogP contribution is -2.38. The summed E-state index contributed by atoms with van der Waals surface area (Å²) in [5.74, 6) is -0.250. The first kappa shape index (κ1) is 15.5. The number of hydrogen-bond donors (Lipinski definition) is 1. The molecule has 0 bridgehead atoms. The van der Waals surface area contributed by atoms with Gasteiger partial charge in [0.2, 0.25) is 5.76 Å². The predicted molar refractivity (Wildman–Crippen MR) is 80.7 cm³/mol. The Morgan fingerprint density at radius 2 is 2.17 bits per heavy atom. The number of methoxy groups -OCH3 is 1. The molecule has 2 atom stereocenters. The van der Waals surface area contributed by atoms with E-state index in [-0.39, 0.29) is 35.4 Å². The summed E-state index contributed by atoms with van der Waals surface area (Å²) in [6.07, 6.45) is 0.801. The van der Waals surface area contributed by atoms with Gasteiger partial charge in [-0.15, -0.1) is 0 Å². The lowest BCUT2D eigenvalue weighted by Gasteiger charge is -2.25. The summed E-state index contributed by atoms with van der Waals surface area (Å²) >= 11 is 0. The highest BCUT2D eigenvalue weighted by Crippen LogP contribution is 2.31. The molecule has 0 unspecified atom stereocenters. The van der Waals surface area contributed by atoms with Gasteiger partial charge in [-0.05, 0) is 36.3 Å². The standard InChI is InChI=1S/C16H18FN3O3/c1-20-8-7-12(15(20)10-3-5-11(17)6-4-10)18-16(21)13-9-14(22-2)19-23-13/h3-6,9,12,15H,7-8H2,1-2H3,(H,18,21)/t12-,15-/m0/s1. The van der Waals surface area contributed by atoms with E-state index in [1.54, 1.807) is 12.1 Å². The fraction of sp³-hybridized carbons (Fsp3) is 0.375. The lowest BCUT2D eigenvalue weighted by molar-refractivity contribution is 0.0890. The van der Waals surface area contributed by atoms with Crippen LogP contribution in [0.15, 0.2) is 34.9 Å². The van der Waals surface area contributed by atoms with Crippen LogP contribution < -0.4 is 10.1 Å². The highest BCUT2D eigenvalue weighted by atomic mass is 19.1. The summed E-state index contributed by atoms with van der Waals surface area (Å²) in [6.45, 7) is 0.840. The van der Waals surface area contributed by atoms with Crippen molar-refractivity contribution < 1.29 is 18.4 Å². The van der Waals surface area contributed by atoms with E-state index in [9.17, 15) is 9.18 Å². The third-order valence-corrected chi connectivity index (χ3v) is 4.10. The van der Waals surface area contributed by atoms with E-state index in [0.29, 0.717) is 0 Å². The number of hydrogen-bond acceptors (Lipinski definition) is 5. The van der Waals surface area contributed by atoms with Crippen molar-refractivity contribution in [2.24, 2.45) is 0 Å². The minimum absolute atomic E-state index is 0.00985. The Hall–Kier alpha value is -2.41. The second-order valence-corrected chi connectivity index (χ2v) is 5.58. The monoisotopic (exact) mass is 319 g/mol. The summed E-state index contributed by atoms with van der Waals surface area (Å²) < 4.78 is 23.0. The van der Waals surface area contributed by atoms with E-state index in [4.69, 9.17) is 9.26 Å². The zero-order valence-electron chi connectivity index (χ0n) is 13.0. The summed E-state index contributed by atoms with van der Waals surface area (Å²) in [6, 6.07) is 7.71. The normalized spacial score (nSPS) is 21.3. The first-order valence-electron chi connectivity index (χ1n) is 7.36. The number of carbonyl (C=O) groups excluding carboxylic acids is 1. The minimum Gasteiger partial charge on any atom is -0.479 e. The van der Waals surface area contributed by atoms with Crippen molar-refractivity contribution in [1.29, 1.82) is 0 Å². The second kappa shape index (κ2) is 6.37. The zero-order valence-corrected chi connectivity index (χ0v) is 13.0. The van der Waals surface area contributed by atoms with Gasteiger partial charge in [-0.3, -0.25) is 9.69 Å². The van der Waals surface area contributed by atoms with Crippen molar-refractivity contribution in [1.82, 2.24) is 15.4 Å². The molecular weight excluding hydrogens is 301 g/mol. The maximum atomic E-state index is 13.1. The van der Waals surface area contributed by atoms with E-state index >= 15 is 0 Å². The molecule has 1 aromatic carbocycles. The average Bonchev–Trinajstić information content (AvgIpc) is 3.16. The van der Waals surface area contributed by atoms with Crippen molar-refractivity contribution in [3.63, 3.8) is 0 Å². The Morgan fingerprint density at radius 1 is 1.43 bits per heavy atom. The molecule has 0 radical (unpaired) electrons. The largest absolute Gasteiger partial charge is 0.479 e. The molecule has 1 fully saturated rings. The third kappa shape index (κ3) is 3.19. The molecule has 1 aliphatic heterocycles. The molecule has 0 spiro atoms. The van der Waals surface area contributed by atoms with Crippen LogP contribution in [0.5, 0.6) is 5.88 Å². The van der Waals surface area contributed by atoms with Gasteiger partial charge < -0.3 is 14.6 Å². The summed E-state index contributed by atoms with van der Waals surface area (Å²) in [7, 11) is 3.44. The molecule has 7 heteroatoms. The first-order chi connectivity index (χ1) is 11.1. The Morgan fingerprint density at radius 3 is 2.83 bits per heavy atom. The fourth-order valence-corrected chi connectivity index (χ4v) is 2.95. The number of benzene rings is 1. The summed E-state index contributed by atoms with van der Waals surface area (Å²) in [5, 5.41) is 6.58. The first-order valence-corrected chi connectivity index (χ1v) is 7.36. The van der Waals surface area contributed by atoms with Gasteiger partial charge in [0.15, 0.2) is 0 Å². The van der Waals surface area contributed by atoms with Crippen molar-refractivity contribution in [2.45, 2.75) is 18.5 Å². The summed E-state index contributed by atoms with van der Waals surface area (Å²) in [4.78, 5) is 14.4. The van der Waals surface area contributed by atoms with Crippen LogP contribution in [0.3, 0.4) is 0 Å². The Labute approximate surface area is 133 Å². The van der Waals surface area contributed by atoms with E-state index in [2.05, 4.69) is 15.4 Å². The van der Waals surface area contributed by atoms with Gasteiger partial charge in [0.1, 0.15) is 5.82 Å². The van der Waals surface area contributed by atoms with Crippen LogP contribution in [0.25, 0.3) is 0 Å². The average molecular weight is 319 g/mol. The van der Waals surface area contributed by atoms with E-state index in [0.717, 1.165) is 18.5 Å². The van der Waals surface area contributed by atoms with Gasteiger partial charge in [-0.1, -0.05) is 12.1 Å². The summed E-state index contributed by atoms with van der Waals surface area (Å²) in [5.41, 5.74) is 0.965. The Kier molecular flexibility index (Phi) is 4.29. The molecule has 1 amide bonds. The molecule has 1 aliphatic rings. The number of ether oxygens (including phenoxy) is 1. The number of halogens is 1. The molecule has 1 N–H and O–H groups in total. The van der Waals surface area contributed by atoms with Crippen LogP contribution >= 0.6 is 0 Å². The van der Waals surface area contributed by atoms with Gasteiger partial charge in [0.05, 0.1) is 25.3 Å². The highest BCUT2D eigenvalue weighted by molar-refractivity contribution is 5.91. The van der Waals surface area contributed by atoms with Gasteiger partial charge in [-0.2, -0.15) is 0 Å². The number of nitrogens with one attached hydrogen (secondary N) is 1. The predicted octanol–water partition coefficient (Wildman–Crippen LogP) is 2.00. The fourth-order valence-electron chi connectivity index (χ4n) is 2.95. The van der Waals surface area contributed by atoms with Crippen LogP contribution in [0.1, 0.15) is 28.6 Å². The molecule has 122 valence electrons. The van der Waals surface area contributed by atoms with Crippen LogP contribution in [0.4, 0.5) is 4.39 Å². The van der Waals surface area contributed by atoms with Crippen LogP contribution in [-0.4, -0.2) is 42.7 Å². The van der Waals surface area contributed by atoms with Crippen LogP contribution in [0.2, 0.25) is 0 Å². The number of likely N-dealkylation sites (N-methyl/N-ethyl adjacent to an activating group) is 1. The van der Waals surface area contributed by atoms with E-state index in [1.807, 2.05) is 7.05 Å². The molecule has 3 rings (SSSR count). The Bertz CT molecular complexity index is 686. The maximum Gasteiger partial charge on any atom is 0.290 e. The minimum atomic E-state index is -0.340. The topological polar surface area (TPSA) is 67.6 Å². The van der Waals surface area contributed by atoms with Gasteiger partial charge in [0, 0.05) is 6.54 Å². The molecule has 0 aliphatic carbocycles. The SMILES string of the molecule is COc1cc(C(=O)N[C@H]2CCN(C)[C@H]2c2ccc(F)cc2)on1. The number of carbonyl (C=O) groups is 1. The molecule has 1 aromatic heterocycles. The van der Waals surface area contributed by atoms with Crippen molar-refractivity contribution in [3.8, 4) is 5.88 Å². The molecule has 2 heterocycles. The maximum absolute atomic E-state index is 13.1. The second-order valence-electron chi connectivity index (χ2n) is 5.58. The molecule has 6 nitrogen and oxygen atoms in total. The van der Waals surface area contributed by atoms with Gasteiger partial charge >= 0.3 is 0 Å². The molecular formula is C16H18FN3O3. The number of rotatable bonds is 4. The quantitative estimate of drug-likeness (QED) is 0.933. The van der Waals surface area contributed by atoms with Crippen molar-refractivity contribution in [2.75, 3.05) is 20.7 Å². The van der Waals surface area contributed by atoms with Crippen molar-refractivity contribution in [3.05, 3.63) is 47.5 Å². The van der Waals surface area contributed by atoms with Gasteiger partial charge in [0.25, 0.3) is 11.8 Å². The van der Waals surface area contributed by atoms with Crippen LogP contribution in [-0.2, 0) is 0 Å².